The molecule has 1 aliphatic rings. The summed E-state index contributed by atoms with van der Waals surface area (Å²) in [4.78, 5) is 12.0. The van der Waals surface area contributed by atoms with Gasteiger partial charge in [0.2, 0.25) is 5.91 Å². The van der Waals surface area contributed by atoms with Crippen molar-refractivity contribution in [2.75, 3.05) is 5.32 Å². The zero-order chi connectivity index (χ0) is 13.3. The number of carbonyl (C=O) groups excluding carboxylic acids is 1. The number of hydrogen-bond acceptors (Lipinski definition) is 2. The van der Waals surface area contributed by atoms with Crippen molar-refractivity contribution in [2.45, 2.75) is 40.2 Å². The monoisotopic (exact) mass is 247 g/mol. The van der Waals surface area contributed by atoms with Crippen LogP contribution >= 0.6 is 0 Å². The molecule has 2 rings (SSSR count). The summed E-state index contributed by atoms with van der Waals surface area (Å²) in [7, 11) is 0. The van der Waals surface area contributed by atoms with Gasteiger partial charge in [-0.1, -0.05) is 13.8 Å². The topological polar surface area (TPSA) is 38.3 Å². The standard InChI is InChI=1S/C15H21NO2/c1-10(2)18-13-7-5-12(6-8-13)16-14(17)15(4)9-11(15)3/h5-8,10-11H,9H2,1-4H3,(H,16,17). The Hall–Kier alpha value is -1.51. The highest BCUT2D eigenvalue weighted by Gasteiger charge is 2.52. The van der Waals surface area contributed by atoms with Crippen LogP contribution in [0.15, 0.2) is 24.3 Å². The van der Waals surface area contributed by atoms with Gasteiger partial charge in [0.05, 0.1) is 6.10 Å². The van der Waals surface area contributed by atoms with Crippen molar-refractivity contribution in [3.05, 3.63) is 24.3 Å². The fraction of sp³-hybridized carbons (Fsp3) is 0.533. The molecule has 1 N–H and O–H groups in total. The van der Waals surface area contributed by atoms with E-state index in [2.05, 4.69) is 12.2 Å². The van der Waals surface area contributed by atoms with Crippen LogP contribution < -0.4 is 10.1 Å². The third kappa shape index (κ3) is 2.66. The maximum atomic E-state index is 12.0. The summed E-state index contributed by atoms with van der Waals surface area (Å²) < 4.78 is 5.56. The van der Waals surface area contributed by atoms with Crippen molar-refractivity contribution in [2.24, 2.45) is 11.3 Å². The SMILES string of the molecule is CC(C)Oc1ccc(NC(=O)C2(C)CC2C)cc1. The van der Waals surface area contributed by atoms with Gasteiger partial charge in [0.1, 0.15) is 5.75 Å². The van der Waals surface area contributed by atoms with E-state index in [1.807, 2.05) is 45.0 Å². The second-order valence-electron chi connectivity index (χ2n) is 5.67. The van der Waals surface area contributed by atoms with Gasteiger partial charge >= 0.3 is 0 Å². The van der Waals surface area contributed by atoms with E-state index < -0.39 is 0 Å². The summed E-state index contributed by atoms with van der Waals surface area (Å²) in [6.07, 6.45) is 1.14. The number of carbonyl (C=O) groups is 1. The molecule has 1 aliphatic carbocycles. The molecule has 2 atom stereocenters. The molecular formula is C15H21NO2. The van der Waals surface area contributed by atoms with E-state index in [4.69, 9.17) is 4.74 Å². The van der Waals surface area contributed by atoms with Crippen LogP contribution in [-0.2, 0) is 4.79 Å². The molecule has 0 radical (unpaired) electrons. The lowest BCUT2D eigenvalue weighted by molar-refractivity contribution is -0.121. The van der Waals surface area contributed by atoms with E-state index in [0.717, 1.165) is 17.9 Å². The number of benzene rings is 1. The Morgan fingerprint density at radius 3 is 2.39 bits per heavy atom. The van der Waals surface area contributed by atoms with Gasteiger partial charge in [-0.3, -0.25) is 4.79 Å². The van der Waals surface area contributed by atoms with Gasteiger partial charge in [-0.25, -0.2) is 0 Å². The van der Waals surface area contributed by atoms with Gasteiger partial charge in [-0.15, -0.1) is 0 Å². The van der Waals surface area contributed by atoms with Crippen LogP contribution in [0.4, 0.5) is 5.69 Å². The fourth-order valence-corrected chi connectivity index (χ4v) is 2.06. The predicted octanol–water partition coefficient (Wildman–Crippen LogP) is 3.46. The van der Waals surface area contributed by atoms with E-state index in [1.54, 1.807) is 0 Å². The van der Waals surface area contributed by atoms with Gasteiger partial charge < -0.3 is 10.1 Å². The minimum Gasteiger partial charge on any atom is -0.491 e. The highest BCUT2D eigenvalue weighted by molar-refractivity contribution is 5.97. The van der Waals surface area contributed by atoms with Crippen LogP contribution in [0, 0.1) is 11.3 Å². The number of rotatable bonds is 4. The lowest BCUT2D eigenvalue weighted by Gasteiger charge is -2.13. The molecule has 1 aromatic rings. The smallest absolute Gasteiger partial charge is 0.230 e. The Kier molecular flexibility index (Phi) is 3.33. The molecule has 1 saturated carbocycles. The van der Waals surface area contributed by atoms with Crippen LogP contribution in [-0.4, -0.2) is 12.0 Å². The molecule has 0 aliphatic heterocycles. The summed E-state index contributed by atoms with van der Waals surface area (Å²) in [6, 6.07) is 7.53. The highest BCUT2D eigenvalue weighted by Crippen LogP contribution is 2.52. The number of hydrogen-bond donors (Lipinski definition) is 1. The number of anilines is 1. The molecule has 98 valence electrons. The molecule has 0 spiro atoms. The summed E-state index contributed by atoms with van der Waals surface area (Å²) in [5, 5.41) is 2.96. The Balaban J connectivity index is 1.96. The van der Waals surface area contributed by atoms with E-state index in [1.165, 1.54) is 0 Å². The number of ether oxygens (including phenoxy) is 1. The third-order valence-corrected chi connectivity index (χ3v) is 3.66. The maximum Gasteiger partial charge on any atom is 0.230 e. The number of nitrogens with one attached hydrogen (secondary N) is 1. The molecule has 2 unspecified atom stereocenters. The lowest BCUT2D eigenvalue weighted by Crippen LogP contribution is -2.22. The van der Waals surface area contributed by atoms with Crippen LogP contribution in [0.5, 0.6) is 5.75 Å². The van der Waals surface area contributed by atoms with Gasteiger partial charge in [0.25, 0.3) is 0 Å². The molecule has 1 aromatic carbocycles. The average molecular weight is 247 g/mol. The third-order valence-electron chi connectivity index (χ3n) is 3.66. The van der Waals surface area contributed by atoms with Crippen LogP contribution in [0.2, 0.25) is 0 Å². The normalized spacial score (nSPS) is 25.9. The highest BCUT2D eigenvalue weighted by atomic mass is 16.5. The summed E-state index contributed by atoms with van der Waals surface area (Å²) in [6.45, 7) is 8.11. The number of amides is 1. The quantitative estimate of drug-likeness (QED) is 0.884. The largest absolute Gasteiger partial charge is 0.491 e. The van der Waals surface area contributed by atoms with Crippen molar-refractivity contribution < 1.29 is 9.53 Å². The maximum absolute atomic E-state index is 12.0. The average Bonchev–Trinajstić information content (AvgIpc) is 2.90. The Morgan fingerprint density at radius 2 is 1.94 bits per heavy atom. The van der Waals surface area contributed by atoms with E-state index in [9.17, 15) is 4.79 Å². The molecule has 3 nitrogen and oxygen atoms in total. The van der Waals surface area contributed by atoms with Crippen molar-refractivity contribution in [3.63, 3.8) is 0 Å². The van der Waals surface area contributed by atoms with Crippen molar-refractivity contribution in [1.29, 1.82) is 0 Å². The Labute approximate surface area is 109 Å². The zero-order valence-electron chi connectivity index (χ0n) is 11.5. The van der Waals surface area contributed by atoms with E-state index in [-0.39, 0.29) is 17.4 Å². The molecule has 1 amide bonds. The molecule has 18 heavy (non-hydrogen) atoms. The molecule has 0 heterocycles. The van der Waals surface area contributed by atoms with Gasteiger partial charge in [0, 0.05) is 11.1 Å². The molecule has 0 aromatic heterocycles. The first-order valence-corrected chi connectivity index (χ1v) is 6.50. The molecule has 0 saturated heterocycles. The minimum atomic E-state index is -0.174. The second kappa shape index (κ2) is 4.63. The molecule has 0 bridgehead atoms. The predicted molar refractivity (Wildman–Crippen MR) is 72.7 cm³/mol. The van der Waals surface area contributed by atoms with Gasteiger partial charge in [-0.05, 0) is 50.5 Å². The van der Waals surface area contributed by atoms with E-state index >= 15 is 0 Å². The fourth-order valence-electron chi connectivity index (χ4n) is 2.06. The van der Waals surface area contributed by atoms with Gasteiger partial charge in [0.15, 0.2) is 0 Å². The first-order chi connectivity index (χ1) is 8.41. The summed E-state index contributed by atoms with van der Waals surface area (Å²) >= 11 is 0. The van der Waals surface area contributed by atoms with Crippen LogP contribution in [0.3, 0.4) is 0 Å². The summed E-state index contributed by atoms with van der Waals surface area (Å²) in [5.74, 6) is 1.43. The zero-order valence-corrected chi connectivity index (χ0v) is 11.5. The van der Waals surface area contributed by atoms with Crippen molar-refractivity contribution >= 4 is 11.6 Å². The van der Waals surface area contributed by atoms with Crippen molar-refractivity contribution in [1.82, 2.24) is 0 Å². The molecule has 3 heteroatoms. The van der Waals surface area contributed by atoms with Crippen LogP contribution in [0.25, 0.3) is 0 Å². The van der Waals surface area contributed by atoms with Crippen LogP contribution in [0.1, 0.15) is 34.1 Å². The van der Waals surface area contributed by atoms with Crippen molar-refractivity contribution in [3.8, 4) is 5.75 Å². The first-order valence-electron chi connectivity index (χ1n) is 6.50. The lowest BCUT2D eigenvalue weighted by atomic mass is 10.1. The second-order valence-corrected chi connectivity index (χ2v) is 5.67. The Bertz CT molecular complexity index is 438. The first kappa shape index (κ1) is 12.9. The Morgan fingerprint density at radius 1 is 1.39 bits per heavy atom. The minimum absolute atomic E-state index is 0.118. The molecular weight excluding hydrogens is 226 g/mol. The van der Waals surface area contributed by atoms with Gasteiger partial charge in [-0.2, -0.15) is 0 Å². The van der Waals surface area contributed by atoms with E-state index in [0.29, 0.717) is 5.92 Å². The molecule has 1 fully saturated rings. The summed E-state index contributed by atoms with van der Waals surface area (Å²) in [5.41, 5.74) is 0.657.